The Bertz CT molecular complexity index is 758. The number of rotatable bonds is 28. The molecular weight excluding hydrogens is 510 g/mol. The van der Waals surface area contributed by atoms with Gasteiger partial charge in [0.05, 0.1) is 6.04 Å². The Morgan fingerprint density at radius 2 is 1.34 bits per heavy atom. The second-order valence-electron chi connectivity index (χ2n) is 11.6. The third-order valence-electron chi connectivity index (χ3n) is 8.13. The molecule has 0 aromatic heterocycles. The molecule has 0 aliphatic heterocycles. The van der Waals surface area contributed by atoms with E-state index in [2.05, 4.69) is 36.3 Å². The van der Waals surface area contributed by atoms with Crippen molar-refractivity contribution < 1.29 is 14.3 Å². The summed E-state index contributed by atoms with van der Waals surface area (Å²) in [7, 11) is 0. The topological polar surface area (TPSA) is 70.7 Å². The zero-order valence-electron chi connectivity index (χ0n) is 26.9. The smallest absolute Gasteiger partial charge is 0.407 e. The molecule has 0 spiro atoms. The van der Waals surface area contributed by atoms with Crippen LogP contribution < -0.4 is 10.6 Å². The number of ether oxygens (including phenoxy) is 1. The summed E-state index contributed by atoms with van der Waals surface area (Å²) in [5.74, 6) is 0. The minimum Gasteiger partial charge on any atom is -0.445 e. The van der Waals surface area contributed by atoms with Crippen LogP contribution in [0.3, 0.4) is 0 Å². The van der Waals surface area contributed by atoms with Crippen molar-refractivity contribution in [2.45, 2.75) is 149 Å². The number of benzene rings is 1. The number of carbonyl (C=O) groups excluding carboxylic acids is 2. The summed E-state index contributed by atoms with van der Waals surface area (Å²) >= 11 is 0. The lowest BCUT2D eigenvalue weighted by Crippen LogP contribution is -2.35. The van der Waals surface area contributed by atoms with Gasteiger partial charge in [-0.15, -0.1) is 0 Å². The van der Waals surface area contributed by atoms with E-state index < -0.39 is 6.09 Å². The Morgan fingerprint density at radius 1 is 0.780 bits per heavy atom. The third kappa shape index (κ3) is 19.6. The zero-order valence-corrected chi connectivity index (χ0v) is 26.9. The second kappa shape index (κ2) is 26.8. The Kier molecular flexibility index (Phi) is 24.1. The first kappa shape index (κ1) is 36.9. The van der Waals surface area contributed by atoms with Crippen LogP contribution in [0.5, 0.6) is 0 Å². The van der Waals surface area contributed by atoms with E-state index in [1.807, 2.05) is 24.3 Å². The van der Waals surface area contributed by atoms with Crippen molar-refractivity contribution in [2.24, 2.45) is 0 Å². The lowest BCUT2D eigenvalue weighted by Gasteiger charge is -2.21. The molecular formula is C35H63N3O3. The highest BCUT2D eigenvalue weighted by Crippen LogP contribution is 2.24. The molecule has 236 valence electrons. The first-order valence-electron chi connectivity index (χ1n) is 17.1. The molecule has 2 amide bonds. The van der Waals surface area contributed by atoms with E-state index in [0.717, 1.165) is 50.0 Å². The minimum absolute atomic E-state index is 0.0611. The Hall–Kier alpha value is -2.08. The van der Waals surface area contributed by atoms with Crippen LogP contribution in [0.2, 0.25) is 0 Å². The monoisotopic (exact) mass is 573 g/mol. The fourth-order valence-corrected chi connectivity index (χ4v) is 5.46. The Labute approximate surface area is 252 Å². The normalized spacial score (nSPS) is 11.9. The first-order chi connectivity index (χ1) is 20.2. The van der Waals surface area contributed by atoms with E-state index in [1.54, 1.807) is 0 Å². The molecule has 1 aromatic carbocycles. The standard InChI is InChI=1S/C35H63N3O3/c1-4-7-9-10-11-12-13-14-15-16-17-18-19-20-21-26-34(37-31-39)33-25-23-22-24-32(33)30-41-35(40)36-27-29-38(6-3)28-8-5-2/h22-25,31,34H,4-21,26-30H2,1-3H3,(H,36,40)(H,37,39). The number of alkyl carbamates (subject to hydrolysis) is 1. The molecule has 41 heavy (non-hydrogen) atoms. The van der Waals surface area contributed by atoms with Crippen LogP contribution in [0.1, 0.15) is 154 Å². The number of hydrogen-bond acceptors (Lipinski definition) is 4. The van der Waals surface area contributed by atoms with Crippen molar-refractivity contribution in [2.75, 3.05) is 26.2 Å². The van der Waals surface area contributed by atoms with Crippen LogP contribution in [-0.2, 0) is 16.1 Å². The van der Waals surface area contributed by atoms with Crippen LogP contribution in [-0.4, -0.2) is 43.6 Å². The van der Waals surface area contributed by atoms with E-state index in [1.165, 1.54) is 103 Å². The van der Waals surface area contributed by atoms with Crippen LogP contribution in [0, 0.1) is 0 Å². The summed E-state index contributed by atoms with van der Waals surface area (Å²) in [6.07, 6.45) is 23.7. The molecule has 6 nitrogen and oxygen atoms in total. The van der Waals surface area contributed by atoms with Gasteiger partial charge in [0.1, 0.15) is 6.61 Å². The average Bonchev–Trinajstić information content (AvgIpc) is 2.99. The maximum Gasteiger partial charge on any atom is 0.407 e. The van der Waals surface area contributed by atoms with Gasteiger partial charge in [0, 0.05) is 13.1 Å². The number of nitrogens with one attached hydrogen (secondary N) is 2. The highest BCUT2D eigenvalue weighted by Gasteiger charge is 2.15. The fraction of sp³-hybridized carbons (Fsp3) is 0.771. The SMILES string of the molecule is CCCCCCCCCCCCCCCCCC(NC=O)c1ccccc1COC(=O)NCCN(CC)CCCC. The maximum atomic E-state index is 12.3. The van der Waals surface area contributed by atoms with Gasteiger partial charge in [-0.25, -0.2) is 4.79 Å². The fourth-order valence-electron chi connectivity index (χ4n) is 5.46. The van der Waals surface area contributed by atoms with Crippen molar-refractivity contribution in [1.82, 2.24) is 15.5 Å². The van der Waals surface area contributed by atoms with Gasteiger partial charge >= 0.3 is 6.09 Å². The summed E-state index contributed by atoms with van der Waals surface area (Å²) in [5, 5.41) is 5.88. The summed E-state index contributed by atoms with van der Waals surface area (Å²) < 4.78 is 5.54. The molecule has 1 unspecified atom stereocenters. The molecule has 1 atom stereocenters. The van der Waals surface area contributed by atoms with Gasteiger partial charge in [-0.1, -0.05) is 148 Å². The summed E-state index contributed by atoms with van der Waals surface area (Å²) in [4.78, 5) is 26.0. The van der Waals surface area contributed by atoms with Crippen LogP contribution >= 0.6 is 0 Å². The lowest BCUT2D eigenvalue weighted by molar-refractivity contribution is -0.110. The van der Waals surface area contributed by atoms with Gasteiger partial charge in [-0.05, 0) is 37.1 Å². The van der Waals surface area contributed by atoms with E-state index in [9.17, 15) is 9.59 Å². The minimum atomic E-state index is -0.395. The molecule has 6 heteroatoms. The summed E-state index contributed by atoms with van der Waals surface area (Å²) in [6.45, 7) is 10.3. The molecule has 1 aromatic rings. The van der Waals surface area contributed by atoms with Crippen molar-refractivity contribution in [3.63, 3.8) is 0 Å². The van der Waals surface area contributed by atoms with E-state index in [4.69, 9.17) is 4.74 Å². The number of amides is 2. The molecule has 0 radical (unpaired) electrons. The molecule has 0 saturated heterocycles. The lowest BCUT2D eigenvalue weighted by atomic mass is 9.95. The van der Waals surface area contributed by atoms with Crippen LogP contribution in [0.25, 0.3) is 0 Å². The summed E-state index contributed by atoms with van der Waals surface area (Å²) in [6, 6.07) is 7.90. The maximum absolute atomic E-state index is 12.3. The predicted octanol–water partition coefficient (Wildman–Crippen LogP) is 9.08. The molecule has 0 saturated carbocycles. The number of hydrogen-bond donors (Lipinski definition) is 2. The number of unbranched alkanes of at least 4 members (excludes halogenated alkanes) is 15. The van der Waals surface area contributed by atoms with Gasteiger partial charge < -0.3 is 20.3 Å². The molecule has 0 fully saturated rings. The highest BCUT2D eigenvalue weighted by atomic mass is 16.5. The molecule has 0 bridgehead atoms. The largest absolute Gasteiger partial charge is 0.445 e. The third-order valence-corrected chi connectivity index (χ3v) is 8.13. The number of nitrogens with zero attached hydrogens (tertiary/aromatic N) is 1. The molecule has 1 rings (SSSR count). The van der Waals surface area contributed by atoms with Crippen molar-refractivity contribution >= 4 is 12.5 Å². The average molecular weight is 574 g/mol. The van der Waals surface area contributed by atoms with Crippen molar-refractivity contribution in [3.8, 4) is 0 Å². The van der Waals surface area contributed by atoms with Crippen LogP contribution in [0.15, 0.2) is 24.3 Å². The zero-order chi connectivity index (χ0) is 29.8. The molecule has 2 N–H and O–H groups in total. The number of likely N-dealkylation sites (N-methyl/N-ethyl adjacent to an activating group) is 1. The Morgan fingerprint density at radius 3 is 1.90 bits per heavy atom. The van der Waals surface area contributed by atoms with Crippen molar-refractivity contribution in [1.29, 1.82) is 0 Å². The predicted molar refractivity (Wildman–Crippen MR) is 173 cm³/mol. The number of carbonyl (C=O) groups is 2. The molecule has 0 aliphatic rings. The highest BCUT2D eigenvalue weighted by molar-refractivity contribution is 5.67. The van der Waals surface area contributed by atoms with E-state index >= 15 is 0 Å². The van der Waals surface area contributed by atoms with Gasteiger partial charge in [0.25, 0.3) is 0 Å². The molecule has 0 aliphatic carbocycles. The van der Waals surface area contributed by atoms with Crippen LogP contribution in [0.4, 0.5) is 4.79 Å². The van der Waals surface area contributed by atoms with Crippen molar-refractivity contribution in [3.05, 3.63) is 35.4 Å². The van der Waals surface area contributed by atoms with E-state index in [0.29, 0.717) is 6.54 Å². The Balaban J connectivity index is 2.27. The van der Waals surface area contributed by atoms with E-state index in [-0.39, 0.29) is 12.6 Å². The van der Waals surface area contributed by atoms with Gasteiger partial charge in [-0.2, -0.15) is 0 Å². The first-order valence-corrected chi connectivity index (χ1v) is 17.1. The van der Waals surface area contributed by atoms with Gasteiger partial charge in [0.2, 0.25) is 6.41 Å². The van der Waals surface area contributed by atoms with Gasteiger partial charge in [-0.3, -0.25) is 4.79 Å². The second-order valence-corrected chi connectivity index (χ2v) is 11.6. The van der Waals surface area contributed by atoms with Gasteiger partial charge in [0.15, 0.2) is 0 Å². The quantitative estimate of drug-likeness (QED) is 0.0775. The summed E-state index contributed by atoms with van der Waals surface area (Å²) in [5.41, 5.74) is 1.98. The molecule has 0 heterocycles.